The van der Waals surface area contributed by atoms with Gasteiger partial charge in [0.1, 0.15) is 18.2 Å². The molecule has 0 aliphatic rings. The lowest BCUT2D eigenvalue weighted by molar-refractivity contribution is 0.374. The van der Waals surface area contributed by atoms with Crippen molar-refractivity contribution in [3.8, 4) is 18.1 Å². The fourth-order valence-electron chi connectivity index (χ4n) is 1.48. The Hall–Kier alpha value is -2.01. The van der Waals surface area contributed by atoms with Gasteiger partial charge in [-0.2, -0.15) is 0 Å². The third-order valence-corrected chi connectivity index (χ3v) is 2.14. The molecule has 0 atom stereocenters. The monoisotopic (exact) mass is 200 g/mol. The zero-order valence-corrected chi connectivity index (χ0v) is 8.03. The van der Waals surface area contributed by atoms with Crippen molar-refractivity contribution >= 4 is 10.8 Å². The van der Waals surface area contributed by atoms with Crippen molar-refractivity contribution in [3.63, 3.8) is 0 Å². The predicted molar refractivity (Wildman–Crippen MR) is 58.2 cm³/mol. The SMILES string of the molecule is C#CCOc1ccc(F)c2ccccc12. The van der Waals surface area contributed by atoms with Crippen LogP contribution in [-0.2, 0) is 0 Å². The van der Waals surface area contributed by atoms with E-state index in [0.717, 1.165) is 5.39 Å². The van der Waals surface area contributed by atoms with Crippen LogP contribution >= 0.6 is 0 Å². The molecule has 0 saturated carbocycles. The second-order valence-electron chi connectivity index (χ2n) is 3.08. The minimum absolute atomic E-state index is 0.190. The minimum Gasteiger partial charge on any atom is -0.480 e. The molecule has 0 saturated heterocycles. The van der Waals surface area contributed by atoms with Crippen LogP contribution in [0, 0.1) is 18.2 Å². The number of fused-ring (bicyclic) bond motifs is 1. The molecule has 2 aromatic carbocycles. The van der Waals surface area contributed by atoms with Gasteiger partial charge in [0, 0.05) is 10.8 Å². The first kappa shape index (κ1) is 9.54. The molecule has 0 bridgehead atoms. The largest absolute Gasteiger partial charge is 0.480 e. The van der Waals surface area contributed by atoms with Crippen molar-refractivity contribution in [2.45, 2.75) is 0 Å². The lowest BCUT2D eigenvalue weighted by atomic mass is 10.1. The van der Waals surface area contributed by atoms with Gasteiger partial charge in [0.05, 0.1) is 0 Å². The summed E-state index contributed by atoms with van der Waals surface area (Å²) in [5, 5.41) is 1.29. The van der Waals surface area contributed by atoms with Crippen molar-refractivity contribution < 1.29 is 9.13 Å². The summed E-state index contributed by atoms with van der Waals surface area (Å²) >= 11 is 0. The molecule has 2 aromatic rings. The normalized spacial score (nSPS) is 9.87. The molecular weight excluding hydrogens is 191 g/mol. The Morgan fingerprint density at radius 3 is 2.60 bits per heavy atom. The number of benzene rings is 2. The van der Waals surface area contributed by atoms with Crippen LogP contribution < -0.4 is 4.74 Å². The van der Waals surface area contributed by atoms with Crippen LogP contribution in [0.3, 0.4) is 0 Å². The maximum Gasteiger partial charge on any atom is 0.148 e. The quantitative estimate of drug-likeness (QED) is 0.677. The van der Waals surface area contributed by atoms with Gasteiger partial charge in [0.2, 0.25) is 0 Å². The summed E-state index contributed by atoms with van der Waals surface area (Å²) in [4.78, 5) is 0. The Kier molecular flexibility index (Phi) is 2.55. The van der Waals surface area contributed by atoms with Gasteiger partial charge in [-0.1, -0.05) is 30.2 Å². The van der Waals surface area contributed by atoms with Crippen molar-refractivity contribution in [1.29, 1.82) is 0 Å². The Morgan fingerprint density at radius 1 is 1.13 bits per heavy atom. The van der Waals surface area contributed by atoms with Gasteiger partial charge in [0.25, 0.3) is 0 Å². The highest BCUT2D eigenvalue weighted by Gasteiger charge is 2.05. The van der Waals surface area contributed by atoms with Crippen LogP contribution in [0.4, 0.5) is 4.39 Å². The van der Waals surface area contributed by atoms with Crippen LogP contribution in [0.2, 0.25) is 0 Å². The lowest BCUT2D eigenvalue weighted by Gasteiger charge is -2.07. The zero-order valence-electron chi connectivity index (χ0n) is 8.03. The van der Waals surface area contributed by atoms with Crippen molar-refractivity contribution in [2.75, 3.05) is 6.61 Å². The first-order valence-electron chi connectivity index (χ1n) is 4.56. The maximum absolute atomic E-state index is 13.4. The molecule has 0 N–H and O–H groups in total. The molecule has 2 heteroatoms. The van der Waals surface area contributed by atoms with Gasteiger partial charge < -0.3 is 4.74 Å². The Labute approximate surface area is 87.5 Å². The molecule has 0 heterocycles. The summed E-state index contributed by atoms with van der Waals surface area (Å²) in [7, 11) is 0. The topological polar surface area (TPSA) is 9.23 Å². The molecule has 0 fully saturated rings. The molecule has 0 unspecified atom stereocenters. The van der Waals surface area contributed by atoms with E-state index in [-0.39, 0.29) is 12.4 Å². The molecule has 15 heavy (non-hydrogen) atoms. The highest BCUT2D eigenvalue weighted by Crippen LogP contribution is 2.27. The summed E-state index contributed by atoms with van der Waals surface area (Å²) in [6, 6.07) is 10.1. The van der Waals surface area contributed by atoms with E-state index < -0.39 is 0 Å². The van der Waals surface area contributed by atoms with Gasteiger partial charge in [-0.05, 0) is 12.1 Å². The highest BCUT2D eigenvalue weighted by atomic mass is 19.1. The summed E-state index contributed by atoms with van der Waals surface area (Å²) in [6.07, 6.45) is 5.10. The predicted octanol–water partition coefficient (Wildman–Crippen LogP) is 2.99. The van der Waals surface area contributed by atoms with Gasteiger partial charge in [-0.3, -0.25) is 0 Å². The molecule has 0 spiro atoms. The second-order valence-corrected chi connectivity index (χ2v) is 3.08. The number of rotatable bonds is 2. The Bertz CT molecular complexity index is 526. The number of terminal acetylenes is 1. The maximum atomic E-state index is 13.4. The van der Waals surface area contributed by atoms with E-state index in [1.807, 2.05) is 12.1 Å². The van der Waals surface area contributed by atoms with Gasteiger partial charge in [-0.25, -0.2) is 4.39 Å². The molecule has 1 nitrogen and oxygen atoms in total. The molecule has 0 aliphatic carbocycles. The minimum atomic E-state index is -0.251. The Balaban J connectivity index is 2.57. The zero-order chi connectivity index (χ0) is 10.7. The van der Waals surface area contributed by atoms with Crippen LogP contribution in [0.25, 0.3) is 10.8 Å². The summed E-state index contributed by atoms with van der Waals surface area (Å²) in [5.41, 5.74) is 0. The fourth-order valence-corrected chi connectivity index (χ4v) is 1.48. The van der Waals surface area contributed by atoms with E-state index in [1.165, 1.54) is 6.07 Å². The van der Waals surface area contributed by atoms with Crippen molar-refractivity contribution in [3.05, 3.63) is 42.2 Å². The van der Waals surface area contributed by atoms with Crippen molar-refractivity contribution in [1.82, 2.24) is 0 Å². The lowest BCUT2D eigenvalue weighted by Crippen LogP contribution is -1.94. The van der Waals surface area contributed by atoms with E-state index >= 15 is 0 Å². The van der Waals surface area contributed by atoms with E-state index in [9.17, 15) is 4.39 Å². The summed E-state index contributed by atoms with van der Waals surface area (Å²) in [5.74, 6) is 2.74. The van der Waals surface area contributed by atoms with Crippen LogP contribution in [0.1, 0.15) is 0 Å². The molecule has 0 aromatic heterocycles. The smallest absolute Gasteiger partial charge is 0.148 e. The average Bonchev–Trinajstić information content (AvgIpc) is 2.29. The first-order valence-corrected chi connectivity index (χ1v) is 4.56. The fraction of sp³-hybridized carbons (Fsp3) is 0.0769. The number of ether oxygens (including phenoxy) is 1. The number of halogens is 1. The molecule has 0 radical (unpaired) electrons. The third kappa shape index (κ3) is 1.77. The van der Waals surface area contributed by atoms with Gasteiger partial charge in [-0.15, -0.1) is 6.42 Å². The van der Waals surface area contributed by atoms with Gasteiger partial charge in [0.15, 0.2) is 0 Å². The standard InChI is InChI=1S/C13H9FO/c1-2-9-15-13-8-7-12(14)10-5-3-4-6-11(10)13/h1,3-8H,9H2. The number of hydrogen-bond donors (Lipinski definition) is 0. The van der Waals surface area contributed by atoms with Crippen LogP contribution in [0.5, 0.6) is 5.75 Å². The van der Waals surface area contributed by atoms with Crippen LogP contribution in [-0.4, -0.2) is 6.61 Å². The molecule has 74 valence electrons. The molecule has 0 amide bonds. The highest BCUT2D eigenvalue weighted by molar-refractivity contribution is 5.88. The van der Waals surface area contributed by atoms with E-state index in [0.29, 0.717) is 11.1 Å². The Morgan fingerprint density at radius 2 is 1.87 bits per heavy atom. The van der Waals surface area contributed by atoms with E-state index in [1.54, 1.807) is 18.2 Å². The average molecular weight is 200 g/mol. The van der Waals surface area contributed by atoms with Crippen molar-refractivity contribution in [2.24, 2.45) is 0 Å². The third-order valence-electron chi connectivity index (χ3n) is 2.14. The first-order chi connectivity index (χ1) is 7.33. The summed E-state index contributed by atoms with van der Waals surface area (Å²) in [6.45, 7) is 0.190. The molecule has 0 aliphatic heterocycles. The van der Waals surface area contributed by atoms with E-state index in [4.69, 9.17) is 11.2 Å². The van der Waals surface area contributed by atoms with E-state index in [2.05, 4.69) is 5.92 Å². The molecule has 2 rings (SSSR count). The molecular formula is C13H9FO. The van der Waals surface area contributed by atoms with Crippen LogP contribution in [0.15, 0.2) is 36.4 Å². The van der Waals surface area contributed by atoms with Gasteiger partial charge >= 0.3 is 0 Å². The summed E-state index contributed by atoms with van der Waals surface area (Å²) < 4.78 is 18.7. The second kappa shape index (κ2) is 4.02. The number of hydrogen-bond acceptors (Lipinski definition) is 1.